The number of aromatic nitrogens is 2. The molecule has 61 heavy (non-hydrogen) atoms. The molecule has 5 heterocycles. The van der Waals surface area contributed by atoms with Crippen molar-refractivity contribution in [1.29, 1.82) is 0 Å². The average Bonchev–Trinajstić information content (AvgIpc) is 3.63. The van der Waals surface area contributed by atoms with Crippen LogP contribution in [0.15, 0.2) is 59.3 Å². The van der Waals surface area contributed by atoms with Gasteiger partial charge in [-0.15, -0.1) is 0 Å². The number of nitrogens with zero attached hydrogens (tertiary/aromatic N) is 5. The molecule has 324 valence electrons. The third-order valence-electron chi connectivity index (χ3n) is 13.1. The monoisotopic (exact) mass is 902 g/mol. The Morgan fingerprint density at radius 3 is 2.34 bits per heavy atom. The molecule has 0 aliphatic carbocycles. The van der Waals surface area contributed by atoms with Crippen LogP contribution in [-0.2, 0) is 26.3 Å². The fraction of sp³-hybridized carbons (Fsp3) is 0.489. The number of hydrogen-bond donors (Lipinski definition) is 3. The zero-order valence-electron chi connectivity index (χ0n) is 34.4. The molecule has 13 nitrogen and oxygen atoms in total. The molecule has 4 amide bonds. The van der Waals surface area contributed by atoms with Gasteiger partial charge in [-0.3, -0.25) is 29.3 Å². The number of piperidine rings is 4. The summed E-state index contributed by atoms with van der Waals surface area (Å²) in [5.41, 5.74) is 4.37. The second kappa shape index (κ2) is 19.0. The minimum atomic E-state index is -0.822. The highest BCUT2D eigenvalue weighted by Gasteiger charge is 2.31. The van der Waals surface area contributed by atoms with Crippen molar-refractivity contribution in [2.75, 3.05) is 62.6 Å². The number of amides is 4. The summed E-state index contributed by atoms with van der Waals surface area (Å²) in [5.74, 6) is -1.21. The van der Waals surface area contributed by atoms with E-state index in [1.54, 1.807) is 22.6 Å². The first-order chi connectivity index (χ1) is 29.5. The average molecular weight is 904 g/mol. The Bertz CT molecular complexity index is 2270. The molecule has 1 aromatic heterocycles. The number of hydroxylamine groups is 1. The Balaban J connectivity index is 0.739. The van der Waals surface area contributed by atoms with Gasteiger partial charge in [-0.05, 0) is 124 Å². The number of carbonyl (C=O) groups is 4. The number of carbonyl (C=O) groups excluding carboxylic acids is 4. The number of anilines is 3. The lowest BCUT2D eigenvalue weighted by molar-refractivity contribution is -0.139. The lowest BCUT2D eigenvalue weighted by atomic mass is 9.82. The summed E-state index contributed by atoms with van der Waals surface area (Å²) in [6, 6.07) is 14.0. The van der Waals surface area contributed by atoms with Crippen molar-refractivity contribution in [2.45, 2.75) is 63.7 Å². The lowest BCUT2D eigenvalue weighted by Crippen LogP contribution is -2.43. The van der Waals surface area contributed by atoms with E-state index in [4.69, 9.17) is 4.84 Å². The topological polar surface area (TPSA) is 141 Å². The van der Waals surface area contributed by atoms with Crippen LogP contribution < -0.4 is 21.0 Å². The van der Waals surface area contributed by atoms with Gasteiger partial charge >= 0.3 is 0 Å². The summed E-state index contributed by atoms with van der Waals surface area (Å²) < 4.78 is 32.5. The largest absolute Gasteiger partial charge is 0.372 e. The van der Waals surface area contributed by atoms with Gasteiger partial charge in [0.15, 0.2) is 12.4 Å². The van der Waals surface area contributed by atoms with Gasteiger partial charge in [0.1, 0.15) is 11.3 Å². The molecule has 1 unspecified atom stereocenters. The van der Waals surface area contributed by atoms with Crippen LogP contribution in [0.5, 0.6) is 0 Å². The first-order valence-corrected chi connectivity index (χ1v) is 22.2. The minimum absolute atomic E-state index is 0.0162. The molecule has 1 atom stereocenters. The number of imide groups is 1. The van der Waals surface area contributed by atoms with Crippen molar-refractivity contribution < 1.29 is 32.8 Å². The fourth-order valence-electron chi connectivity index (χ4n) is 9.54. The summed E-state index contributed by atoms with van der Waals surface area (Å²) in [7, 11) is 1.67. The number of nitrogens with one attached hydrogen (secondary N) is 3. The first kappa shape index (κ1) is 42.7. The Morgan fingerprint density at radius 1 is 0.902 bits per heavy atom. The molecule has 0 saturated carbocycles. The standard InChI is InChI=1S/C45H53BrF2N8O5/c1-53-27-49-43-38(53)24-35(42(41(43)48)50-37-7-5-32(46)23-36(37)47)45(60)52-61-26-40(58)56-19-11-29(12-20-56)21-28-9-15-54(16-10-28)25-30-13-17-55(18-14-30)33-4-2-3-31(22-33)34-6-8-39(57)51-44(34)59/h2-5,7,22-24,27-30,34,50H,6,8-21,25-26H2,1H3,(H,52,60)(H,51,57,59). The molecule has 3 aromatic carbocycles. The van der Waals surface area contributed by atoms with Gasteiger partial charge in [0.05, 0.1) is 34.7 Å². The minimum Gasteiger partial charge on any atom is -0.372 e. The van der Waals surface area contributed by atoms with E-state index in [9.17, 15) is 23.6 Å². The van der Waals surface area contributed by atoms with E-state index in [0.717, 1.165) is 69.7 Å². The summed E-state index contributed by atoms with van der Waals surface area (Å²) in [6.45, 7) is 6.29. The van der Waals surface area contributed by atoms with Crippen LogP contribution in [0.1, 0.15) is 79.6 Å². The van der Waals surface area contributed by atoms with E-state index < -0.39 is 17.5 Å². The van der Waals surface area contributed by atoms with Gasteiger partial charge in [0, 0.05) is 56.4 Å². The molecule has 16 heteroatoms. The molecule has 4 aliphatic rings. The molecule has 0 radical (unpaired) electrons. The van der Waals surface area contributed by atoms with Crippen molar-refractivity contribution in [3.63, 3.8) is 0 Å². The van der Waals surface area contributed by atoms with Crippen LogP contribution in [-0.4, -0.2) is 95.4 Å². The van der Waals surface area contributed by atoms with Crippen molar-refractivity contribution in [3.05, 3.63) is 82.1 Å². The number of rotatable bonds is 12. The molecule has 0 bridgehead atoms. The van der Waals surface area contributed by atoms with Gasteiger partial charge in [0.25, 0.3) is 11.8 Å². The maximum absolute atomic E-state index is 15.7. The van der Waals surface area contributed by atoms with Crippen LogP contribution in [0, 0.1) is 29.4 Å². The maximum Gasteiger partial charge on any atom is 0.277 e. The SMILES string of the molecule is Cn1cnc2c(F)c(Nc3ccc(Br)cc3F)c(C(=O)NOCC(=O)N3CCC(CC4CCN(CC5CCN(c6cccc(C7CCC(=O)NC7=O)c6)CC5)CC4)CC3)cc21. The molecular formula is C45H53BrF2N8O5. The Labute approximate surface area is 362 Å². The molecule has 3 N–H and O–H groups in total. The Kier molecular flexibility index (Phi) is 13.3. The Hall–Kier alpha value is -4.93. The number of imidazole rings is 1. The number of benzene rings is 3. The van der Waals surface area contributed by atoms with E-state index in [2.05, 4.69) is 59.0 Å². The molecular weight excluding hydrogens is 850 g/mol. The van der Waals surface area contributed by atoms with E-state index in [1.165, 1.54) is 43.8 Å². The fourth-order valence-corrected chi connectivity index (χ4v) is 9.88. The number of aryl methyl sites for hydroxylation is 1. The molecule has 4 aliphatic heterocycles. The summed E-state index contributed by atoms with van der Waals surface area (Å²) >= 11 is 3.21. The molecule has 4 saturated heterocycles. The van der Waals surface area contributed by atoms with Crippen LogP contribution in [0.2, 0.25) is 0 Å². The summed E-state index contributed by atoms with van der Waals surface area (Å²) in [4.78, 5) is 66.8. The van der Waals surface area contributed by atoms with Crippen molar-refractivity contribution in [2.24, 2.45) is 24.8 Å². The molecule has 4 aromatic rings. The normalized spacial score (nSPS) is 20.0. The zero-order valence-corrected chi connectivity index (χ0v) is 36.0. The molecule has 8 rings (SSSR count). The van der Waals surface area contributed by atoms with Crippen LogP contribution >= 0.6 is 15.9 Å². The second-order valence-corrected chi connectivity index (χ2v) is 18.1. The highest BCUT2D eigenvalue weighted by atomic mass is 79.9. The number of likely N-dealkylation sites (tertiary alicyclic amines) is 2. The zero-order chi connectivity index (χ0) is 42.6. The van der Waals surface area contributed by atoms with E-state index in [-0.39, 0.29) is 52.7 Å². The summed E-state index contributed by atoms with van der Waals surface area (Å²) in [5, 5.41) is 5.19. The van der Waals surface area contributed by atoms with Crippen molar-refractivity contribution >= 4 is 67.7 Å². The van der Waals surface area contributed by atoms with Gasteiger partial charge in [0.2, 0.25) is 11.8 Å². The predicted octanol–water partition coefficient (Wildman–Crippen LogP) is 6.80. The highest BCUT2D eigenvalue weighted by molar-refractivity contribution is 9.10. The molecule has 4 fully saturated rings. The van der Waals surface area contributed by atoms with Crippen LogP contribution in [0.25, 0.3) is 11.0 Å². The van der Waals surface area contributed by atoms with Crippen LogP contribution in [0.4, 0.5) is 25.8 Å². The van der Waals surface area contributed by atoms with Crippen molar-refractivity contribution in [3.8, 4) is 0 Å². The second-order valence-electron chi connectivity index (χ2n) is 17.1. The number of hydrogen-bond acceptors (Lipinski definition) is 9. The maximum atomic E-state index is 15.7. The molecule has 0 spiro atoms. The highest BCUT2D eigenvalue weighted by Crippen LogP contribution is 2.35. The van der Waals surface area contributed by atoms with Gasteiger partial charge in [-0.1, -0.05) is 28.1 Å². The van der Waals surface area contributed by atoms with Crippen molar-refractivity contribution in [1.82, 2.24) is 30.1 Å². The van der Waals surface area contributed by atoms with Gasteiger partial charge < -0.3 is 24.6 Å². The van der Waals surface area contributed by atoms with E-state index in [1.807, 2.05) is 12.1 Å². The smallest absolute Gasteiger partial charge is 0.277 e. The predicted molar refractivity (Wildman–Crippen MR) is 231 cm³/mol. The van der Waals surface area contributed by atoms with E-state index in [0.29, 0.717) is 53.7 Å². The Morgan fingerprint density at radius 2 is 1.62 bits per heavy atom. The quantitative estimate of drug-likeness (QED) is 0.104. The third kappa shape index (κ3) is 10.1. The van der Waals surface area contributed by atoms with Gasteiger partial charge in [-0.2, -0.15) is 0 Å². The van der Waals surface area contributed by atoms with Crippen LogP contribution in [0.3, 0.4) is 0 Å². The van der Waals surface area contributed by atoms with E-state index >= 15 is 4.39 Å². The lowest BCUT2D eigenvalue weighted by Gasteiger charge is -2.39. The number of fused-ring (bicyclic) bond motifs is 1. The van der Waals surface area contributed by atoms with Gasteiger partial charge in [-0.25, -0.2) is 19.2 Å². The summed E-state index contributed by atoms with van der Waals surface area (Å²) in [6.07, 6.45) is 10.1. The number of halogens is 3. The third-order valence-corrected chi connectivity index (χ3v) is 13.6. The first-order valence-electron chi connectivity index (χ1n) is 21.5.